The van der Waals surface area contributed by atoms with Crippen molar-refractivity contribution in [3.8, 4) is 0 Å². The Balaban J connectivity index is 1.84. The number of anilines is 2. The van der Waals surface area contributed by atoms with Gasteiger partial charge < -0.3 is 5.32 Å². The summed E-state index contributed by atoms with van der Waals surface area (Å²) in [5, 5.41) is 3.12. The number of nitrogens with one attached hydrogen (secondary N) is 1. The number of carbonyl (C=O) groups is 2. The smallest absolute Gasteiger partial charge is 0.282 e. The van der Waals surface area contributed by atoms with Crippen LogP contribution in [0.4, 0.5) is 15.8 Å². The summed E-state index contributed by atoms with van der Waals surface area (Å²) in [5.41, 5.74) is 4.80. The van der Waals surface area contributed by atoms with E-state index < -0.39 is 17.6 Å². The zero-order valence-electron chi connectivity index (χ0n) is 17.0. The first-order chi connectivity index (χ1) is 14.4. The van der Waals surface area contributed by atoms with Crippen LogP contribution in [0.1, 0.15) is 22.3 Å². The van der Waals surface area contributed by atoms with E-state index in [0.29, 0.717) is 11.3 Å². The van der Waals surface area contributed by atoms with Gasteiger partial charge in [0.1, 0.15) is 11.5 Å². The average Bonchev–Trinajstić information content (AvgIpc) is 2.96. The van der Waals surface area contributed by atoms with E-state index in [2.05, 4.69) is 5.32 Å². The van der Waals surface area contributed by atoms with Gasteiger partial charge in [-0.25, -0.2) is 9.29 Å². The molecule has 0 fully saturated rings. The quantitative estimate of drug-likeness (QED) is 0.617. The number of rotatable bonds is 4. The minimum Gasteiger partial charge on any atom is -0.350 e. The van der Waals surface area contributed by atoms with Crippen LogP contribution in [-0.4, -0.2) is 11.8 Å². The third-order valence-corrected chi connectivity index (χ3v) is 5.29. The van der Waals surface area contributed by atoms with Gasteiger partial charge in [-0.05, 0) is 61.7 Å². The molecule has 1 aliphatic heterocycles. The molecule has 0 atom stereocenters. The van der Waals surface area contributed by atoms with Crippen LogP contribution in [0.3, 0.4) is 0 Å². The standard InChI is InChI=1S/C25H21FN2O2/c1-15-8-11-18(12-9-15)22-23(27-19-13-10-16(2)17(3)14-19)25(30)28(24(22)29)21-7-5-4-6-20(21)26/h4-14,27H,1-3H3. The Hall–Kier alpha value is -3.73. The fourth-order valence-corrected chi connectivity index (χ4v) is 3.45. The number of hydrogen-bond donors (Lipinski definition) is 1. The maximum Gasteiger partial charge on any atom is 0.282 e. The lowest BCUT2D eigenvalue weighted by molar-refractivity contribution is -0.120. The normalized spacial score (nSPS) is 13.9. The summed E-state index contributed by atoms with van der Waals surface area (Å²) < 4.78 is 14.4. The van der Waals surface area contributed by atoms with Gasteiger partial charge in [0, 0.05) is 5.69 Å². The highest BCUT2D eigenvalue weighted by Crippen LogP contribution is 2.35. The lowest BCUT2D eigenvalue weighted by Gasteiger charge is -2.16. The van der Waals surface area contributed by atoms with Gasteiger partial charge >= 0.3 is 0 Å². The number of nitrogens with zero attached hydrogens (tertiary/aromatic N) is 1. The molecule has 1 N–H and O–H groups in total. The fourth-order valence-electron chi connectivity index (χ4n) is 3.45. The SMILES string of the molecule is Cc1ccc(C2=C(Nc3ccc(C)c(C)c3)C(=O)N(c3ccccc3F)C2=O)cc1. The number of benzene rings is 3. The van der Waals surface area contributed by atoms with Crippen molar-refractivity contribution in [3.63, 3.8) is 0 Å². The summed E-state index contributed by atoms with van der Waals surface area (Å²) in [5.74, 6) is -1.77. The lowest BCUT2D eigenvalue weighted by Crippen LogP contribution is -2.33. The molecule has 3 aromatic carbocycles. The van der Waals surface area contributed by atoms with Gasteiger partial charge in [-0.2, -0.15) is 0 Å². The van der Waals surface area contributed by atoms with Crippen LogP contribution in [0, 0.1) is 26.6 Å². The molecule has 3 aromatic rings. The molecule has 0 saturated carbocycles. The van der Waals surface area contributed by atoms with Gasteiger partial charge in [0.2, 0.25) is 0 Å². The molecule has 0 bridgehead atoms. The van der Waals surface area contributed by atoms with E-state index in [-0.39, 0.29) is 17.0 Å². The molecule has 150 valence electrons. The van der Waals surface area contributed by atoms with Gasteiger partial charge in [-0.1, -0.05) is 48.0 Å². The van der Waals surface area contributed by atoms with Crippen molar-refractivity contribution in [2.45, 2.75) is 20.8 Å². The van der Waals surface area contributed by atoms with Crippen molar-refractivity contribution in [2.75, 3.05) is 10.2 Å². The number of carbonyl (C=O) groups excluding carboxylic acids is 2. The molecule has 0 saturated heterocycles. The monoisotopic (exact) mass is 400 g/mol. The van der Waals surface area contributed by atoms with Crippen molar-refractivity contribution in [1.29, 1.82) is 0 Å². The molecule has 5 heteroatoms. The summed E-state index contributed by atoms with van der Waals surface area (Å²) in [6.07, 6.45) is 0. The van der Waals surface area contributed by atoms with Crippen LogP contribution in [0.2, 0.25) is 0 Å². The van der Waals surface area contributed by atoms with Crippen molar-refractivity contribution in [3.05, 3.63) is 100 Å². The molecule has 1 aliphatic rings. The van der Waals surface area contributed by atoms with Gasteiger partial charge in [0.15, 0.2) is 0 Å². The number of para-hydroxylation sites is 1. The lowest BCUT2D eigenvalue weighted by atomic mass is 10.0. The number of halogens is 1. The minimum absolute atomic E-state index is 0.0611. The average molecular weight is 400 g/mol. The molecule has 0 unspecified atom stereocenters. The van der Waals surface area contributed by atoms with Crippen molar-refractivity contribution >= 4 is 28.8 Å². The Morgan fingerprint density at radius 3 is 2.17 bits per heavy atom. The fraction of sp³-hybridized carbons (Fsp3) is 0.120. The first-order valence-electron chi connectivity index (χ1n) is 9.65. The molecular formula is C25H21FN2O2. The van der Waals surface area contributed by atoms with Gasteiger partial charge in [0.05, 0.1) is 11.3 Å². The van der Waals surface area contributed by atoms with E-state index in [4.69, 9.17) is 0 Å². The molecule has 0 aliphatic carbocycles. The number of aryl methyl sites for hydroxylation is 3. The van der Waals surface area contributed by atoms with E-state index in [1.165, 1.54) is 18.2 Å². The van der Waals surface area contributed by atoms with Crippen LogP contribution in [0.5, 0.6) is 0 Å². The third kappa shape index (κ3) is 3.39. The van der Waals surface area contributed by atoms with Crippen LogP contribution in [0.25, 0.3) is 5.57 Å². The predicted molar refractivity (Wildman–Crippen MR) is 117 cm³/mol. The first-order valence-corrected chi connectivity index (χ1v) is 9.65. The van der Waals surface area contributed by atoms with Crippen LogP contribution in [-0.2, 0) is 9.59 Å². The van der Waals surface area contributed by atoms with Crippen molar-refractivity contribution < 1.29 is 14.0 Å². The summed E-state index contributed by atoms with van der Waals surface area (Å²) in [6, 6.07) is 18.8. The Bertz CT molecular complexity index is 1200. The molecule has 0 radical (unpaired) electrons. The van der Waals surface area contributed by atoms with Crippen LogP contribution >= 0.6 is 0 Å². The number of amides is 2. The highest BCUT2D eigenvalue weighted by molar-refractivity contribution is 6.46. The molecular weight excluding hydrogens is 379 g/mol. The summed E-state index contributed by atoms with van der Waals surface area (Å²) in [4.78, 5) is 27.5. The number of imide groups is 1. The Labute approximate surface area is 174 Å². The Kier molecular flexibility index (Phi) is 4.96. The molecule has 1 heterocycles. The molecule has 30 heavy (non-hydrogen) atoms. The highest BCUT2D eigenvalue weighted by Gasteiger charge is 2.41. The maximum absolute atomic E-state index is 14.4. The van der Waals surface area contributed by atoms with Crippen molar-refractivity contribution in [1.82, 2.24) is 0 Å². The maximum atomic E-state index is 14.4. The molecule has 4 rings (SSSR count). The molecule has 0 aromatic heterocycles. The van der Waals surface area contributed by atoms with E-state index in [1.807, 2.05) is 51.1 Å². The van der Waals surface area contributed by atoms with Gasteiger partial charge in [-0.15, -0.1) is 0 Å². The number of hydrogen-bond acceptors (Lipinski definition) is 3. The second-order valence-corrected chi connectivity index (χ2v) is 7.44. The summed E-state index contributed by atoms with van der Waals surface area (Å²) in [7, 11) is 0. The Morgan fingerprint density at radius 2 is 1.50 bits per heavy atom. The van der Waals surface area contributed by atoms with Crippen LogP contribution < -0.4 is 10.2 Å². The molecule has 0 spiro atoms. The zero-order valence-corrected chi connectivity index (χ0v) is 17.0. The van der Waals surface area contributed by atoms with Gasteiger partial charge in [-0.3, -0.25) is 9.59 Å². The second-order valence-electron chi connectivity index (χ2n) is 7.44. The first kappa shape index (κ1) is 19.6. The third-order valence-electron chi connectivity index (χ3n) is 5.29. The van der Waals surface area contributed by atoms with Gasteiger partial charge in [0.25, 0.3) is 11.8 Å². The molecule has 4 nitrogen and oxygen atoms in total. The predicted octanol–water partition coefficient (Wildman–Crippen LogP) is 5.15. The van der Waals surface area contributed by atoms with E-state index in [0.717, 1.165) is 21.6 Å². The van der Waals surface area contributed by atoms with Crippen LogP contribution in [0.15, 0.2) is 72.4 Å². The highest BCUT2D eigenvalue weighted by atomic mass is 19.1. The zero-order chi connectivity index (χ0) is 21.4. The Morgan fingerprint density at radius 1 is 0.800 bits per heavy atom. The van der Waals surface area contributed by atoms with E-state index in [9.17, 15) is 14.0 Å². The topological polar surface area (TPSA) is 49.4 Å². The second kappa shape index (κ2) is 7.59. The van der Waals surface area contributed by atoms with E-state index in [1.54, 1.807) is 18.2 Å². The summed E-state index contributed by atoms with van der Waals surface area (Å²) in [6.45, 7) is 5.92. The summed E-state index contributed by atoms with van der Waals surface area (Å²) >= 11 is 0. The van der Waals surface area contributed by atoms with E-state index >= 15 is 0 Å². The minimum atomic E-state index is -0.630. The largest absolute Gasteiger partial charge is 0.350 e. The van der Waals surface area contributed by atoms with Crippen molar-refractivity contribution in [2.24, 2.45) is 0 Å². The molecule has 2 amide bonds.